The molecule has 2 aromatic heterocycles. The Labute approximate surface area is 99.8 Å². The van der Waals surface area contributed by atoms with E-state index in [1.54, 1.807) is 0 Å². The molecule has 70 valence electrons. The lowest BCUT2D eigenvalue weighted by molar-refractivity contribution is 1.18. The Morgan fingerprint density at radius 3 is 2.92 bits per heavy atom. The highest BCUT2D eigenvalue weighted by Gasteiger charge is 2.02. The molecule has 0 aliphatic heterocycles. The van der Waals surface area contributed by atoms with Gasteiger partial charge in [-0.3, -0.25) is 0 Å². The third-order valence-corrected chi connectivity index (χ3v) is 2.49. The minimum atomic E-state index is 0. The van der Waals surface area contributed by atoms with Gasteiger partial charge in [-0.15, -0.1) is 17.0 Å². The van der Waals surface area contributed by atoms with Crippen LogP contribution >= 0.6 is 44.5 Å². The van der Waals surface area contributed by atoms with Crippen LogP contribution in [0.25, 0.3) is 5.65 Å². The number of alkyl halides is 1. The van der Waals surface area contributed by atoms with Crippen LogP contribution in [0, 0.1) is 0 Å². The zero-order valence-electron chi connectivity index (χ0n) is 6.58. The third-order valence-electron chi connectivity index (χ3n) is 1.62. The molecule has 2 nitrogen and oxygen atoms in total. The van der Waals surface area contributed by atoms with Gasteiger partial charge < -0.3 is 4.40 Å². The summed E-state index contributed by atoms with van der Waals surface area (Å²) in [5.41, 5.74) is 1.80. The van der Waals surface area contributed by atoms with E-state index in [1.807, 2.05) is 28.9 Å². The first-order valence-electron chi connectivity index (χ1n) is 3.49. The van der Waals surface area contributed by atoms with Crippen molar-refractivity contribution in [3.05, 3.63) is 35.2 Å². The van der Waals surface area contributed by atoms with Gasteiger partial charge in [0.15, 0.2) is 5.65 Å². The molecule has 0 saturated carbocycles. The summed E-state index contributed by atoms with van der Waals surface area (Å²) in [5.74, 6) is 0. The average Bonchev–Trinajstić information content (AvgIpc) is 2.49. The Balaban J connectivity index is 0.000000845. The molecule has 0 amide bonds. The zero-order chi connectivity index (χ0) is 8.55. The summed E-state index contributed by atoms with van der Waals surface area (Å²) < 4.78 is 1.92. The van der Waals surface area contributed by atoms with Gasteiger partial charge >= 0.3 is 0 Å². The topological polar surface area (TPSA) is 17.3 Å². The number of halogens is 3. The van der Waals surface area contributed by atoms with Crippen LogP contribution < -0.4 is 0 Å². The van der Waals surface area contributed by atoms with Crippen molar-refractivity contribution in [2.75, 3.05) is 0 Å². The van der Waals surface area contributed by atoms with Crippen LogP contribution in [0.4, 0.5) is 0 Å². The van der Waals surface area contributed by atoms with E-state index in [9.17, 15) is 0 Å². The summed E-state index contributed by atoms with van der Waals surface area (Å²) in [6.45, 7) is 0. The third kappa shape index (κ3) is 2.06. The van der Waals surface area contributed by atoms with Crippen LogP contribution in [0.15, 0.2) is 24.5 Å². The largest absolute Gasteiger partial charge is 0.306 e. The predicted molar refractivity (Wildman–Crippen MR) is 63.2 cm³/mol. The van der Waals surface area contributed by atoms with Gasteiger partial charge in [-0.1, -0.05) is 27.5 Å². The monoisotopic (exact) mass is 324 g/mol. The van der Waals surface area contributed by atoms with E-state index < -0.39 is 0 Å². The first kappa shape index (κ1) is 11.0. The summed E-state index contributed by atoms with van der Waals surface area (Å²) in [6.07, 6.45) is 3.89. The van der Waals surface area contributed by atoms with Crippen molar-refractivity contribution in [1.82, 2.24) is 9.38 Å². The number of imidazole rings is 1. The highest BCUT2D eigenvalue weighted by molar-refractivity contribution is 9.08. The molecule has 2 heterocycles. The fourth-order valence-electron chi connectivity index (χ4n) is 1.09. The molecule has 5 heteroatoms. The Morgan fingerprint density at radius 1 is 1.54 bits per heavy atom. The fraction of sp³-hybridized carbons (Fsp3) is 0.125. The highest BCUT2D eigenvalue weighted by Crippen LogP contribution is 2.16. The second-order valence-electron chi connectivity index (χ2n) is 2.45. The zero-order valence-corrected chi connectivity index (χ0v) is 10.6. The number of pyridine rings is 1. The molecule has 0 spiro atoms. The van der Waals surface area contributed by atoms with E-state index >= 15 is 0 Å². The molecule has 0 saturated heterocycles. The van der Waals surface area contributed by atoms with Crippen LogP contribution in [-0.2, 0) is 5.33 Å². The fourth-order valence-corrected chi connectivity index (χ4v) is 1.58. The van der Waals surface area contributed by atoms with Gasteiger partial charge in [0.25, 0.3) is 0 Å². The van der Waals surface area contributed by atoms with Crippen molar-refractivity contribution in [3.63, 3.8) is 0 Å². The standard InChI is InChI=1S/C8H6BrClN2.BrH/c9-4-6-5-12-3-1-2-7(10)8(12)11-6;/h1-3,5H,4H2;1H. The maximum Gasteiger partial charge on any atom is 0.155 e. The lowest BCUT2D eigenvalue weighted by Gasteiger charge is -1.92. The smallest absolute Gasteiger partial charge is 0.155 e. The van der Waals surface area contributed by atoms with Gasteiger partial charge in [-0.2, -0.15) is 0 Å². The van der Waals surface area contributed by atoms with E-state index in [0.29, 0.717) is 5.02 Å². The van der Waals surface area contributed by atoms with Crippen molar-refractivity contribution in [3.8, 4) is 0 Å². The molecule has 0 aromatic carbocycles. The number of hydrogen-bond donors (Lipinski definition) is 0. The molecule has 2 rings (SSSR count). The Bertz CT molecular complexity index is 413. The molecular weight excluding hydrogens is 319 g/mol. The van der Waals surface area contributed by atoms with Gasteiger partial charge in [0.2, 0.25) is 0 Å². The van der Waals surface area contributed by atoms with Crippen molar-refractivity contribution in [1.29, 1.82) is 0 Å². The molecule has 0 fully saturated rings. The Morgan fingerprint density at radius 2 is 2.31 bits per heavy atom. The van der Waals surface area contributed by atoms with E-state index in [4.69, 9.17) is 11.6 Å². The summed E-state index contributed by atoms with van der Waals surface area (Å²) in [7, 11) is 0. The van der Waals surface area contributed by atoms with E-state index in [2.05, 4.69) is 20.9 Å². The quantitative estimate of drug-likeness (QED) is 0.734. The summed E-state index contributed by atoms with van der Waals surface area (Å²) in [6, 6.07) is 3.73. The number of nitrogens with zero attached hydrogens (tertiary/aromatic N) is 2. The molecule has 0 N–H and O–H groups in total. The van der Waals surface area contributed by atoms with Crippen molar-refractivity contribution < 1.29 is 0 Å². The molecule has 0 aliphatic rings. The van der Waals surface area contributed by atoms with E-state index in [-0.39, 0.29) is 17.0 Å². The molecule has 0 radical (unpaired) electrons. The average molecular weight is 326 g/mol. The molecular formula is C8H7Br2ClN2. The van der Waals surface area contributed by atoms with Crippen LogP contribution in [0.3, 0.4) is 0 Å². The van der Waals surface area contributed by atoms with E-state index in [1.165, 1.54) is 0 Å². The Kier molecular flexibility index (Phi) is 3.76. The number of aromatic nitrogens is 2. The maximum absolute atomic E-state index is 5.93. The minimum Gasteiger partial charge on any atom is -0.306 e. The molecule has 13 heavy (non-hydrogen) atoms. The summed E-state index contributed by atoms with van der Waals surface area (Å²) in [5, 5.41) is 1.44. The first-order valence-corrected chi connectivity index (χ1v) is 4.99. The second-order valence-corrected chi connectivity index (χ2v) is 3.42. The van der Waals surface area contributed by atoms with Crippen LogP contribution in [0.2, 0.25) is 5.02 Å². The van der Waals surface area contributed by atoms with Crippen molar-refractivity contribution in [2.45, 2.75) is 5.33 Å². The van der Waals surface area contributed by atoms with Crippen LogP contribution in [0.5, 0.6) is 0 Å². The SMILES string of the molecule is Br.Clc1cccn2cc(CBr)nc12. The molecule has 2 aromatic rings. The number of rotatable bonds is 1. The van der Waals surface area contributed by atoms with Gasteiger partial charge in [0.1, 0.15) is 0 Å². The lowest BCUT2D eigenvalue weighted by Crippen LogP contribution is -1.80. The van der Waals surface area contributed by atoms with Gasteiger partial charge in [0, 0.05) is 17.7 Å². The Hall–Kier alpha value is -0.0600. The molecule has 0 atom stereocenters. The lowest BCUT2D eigenvalue weighted by atomic mass is 10.5. The predicted octanol–water partition coefficient (Wildman–Crippen LogP) is 3.46. The highest BCUT2D eigenvalue weighted by atomic mass is 79.9. The van der Waals surface area contributed by atoms with Gasteiger partial charge in [0.05, 0.1) is 10.7 Å². The number of hydrogen-bond acceptors (Lipinski definition) is 1. The van der Waals surface area contributed by atoms with Crippen molar-refractivity contribution >= 4 is 50.2 Å². The normalized spacial score (nSPS) is 10.0. The van der Waals surface area contributed by atoms with Crippen molar-refractivity contribution in [2.24, 2.45) is 0 Å². The molecule has 0 bridgehead atoms. The second kappa shape index (κ2) is 4.44. The number of fused-ring (bicyclic) bond motifs is 1. The maximum atomic E-state index is 5.93. The summed E-state index contributed by atoms with van der Waals surface area (Å²) >= 11 is 9.27. The van der Waals surface area contributed by atoms with Gasteiger partial charge in [-0.05, 0) is 12.1 Å². The first-order chi connectivity index (χ1) is 5.81. The minimum absolute atomic E-state index is 0. The van der Waals surface area contributed by atoms with Crippen LogP contribution in [0.1, 0.15) is 5.69 Å². The summed E-state index contributed by atoms with van der Waals surface area (Å²) in [4.78, 5) is 4.31. The molecule has 0 unspecified atom stereocenters. The van der Waals surface area contributed by atoms with Gasteiger partial charge in [-0.25, -0.2) is 4.98 Å². The van der Waals surface area contributed by atoms with E-state index in [0.717, 1.165) is 16.7 Å². The molecule has 0 aliphatic carbocycles. The van der Waals surface area contributed by atoms with Crippen LogP contribution in [-0.4, -0.2) is 9.38 Å².